The minimum atomic E-state index is -0.304. The lowest BCUT2D eigenvalue weighted by Crippen LogP contribution is -2.52. The summed E-state index contributed by atoms with van der Waals surface area (Å²) >= 11 is 0. The van der Waals surface area contributed by atoms with Gasteiger partial charge in [0.1, 0.15) is 11.3 Å². The zero-order valence-electron chi connectivity index (χ0n) is 12.4. The van der Waals surface area contributed by atoms with E-state index < -0.39 is 0 Å². The third-order valence-corrected chi connectivity index (χ3v) is 4.60. The fourth-order valence-electron chi connectivity index (χ4n) is 3.15. The van der Waals surface area contributed by atoms with Gasteiger partial charge in [0.15, 0.2) is 0 Å². The highest BCUT2D eigenvalue weighted by Crippen LogP contribution is 2.30. The SMILES string of the molecule is CC(C(=O)NC1(CN)CCCC1)c1cc2ccccc2o1. The molecule has 0 saturated heterocycles. The summed E-state index contributed by atoms with van der Waals surface area (Å²) in [5.74, 6) is 0.404. The van der Waals surface area contributed by atoms with Crippen LogP contribution in [0.15, 0.2) is 34.7 Å². The van der Waals surface area contributed by atoms with Gasteiger partial charge in [0.25, 0.3) is 0 Å². The zero-order chi connectivity index (χ0) is 14.9. The van der Waals surface area contributed by atoms with Gasteiger partial charge in [0.05, 0.1) is 11.5 Å². The van der Waals surface area contributed by atoms with Gasteiger partial charge in [-0.25, -0.2) is 0 Å². The van der Waals surface area contributed by atoms with Crippen LogP contribution in [0.1, 0.15) is 44.3 Å². The van der Waals surface area contributed by atoms with Gasteiger partial charge in [0.2, 0.25) is 5.91 Å². The Morgan fingerprint density at radius 3 is 2.76 bits per heavy atom. The van der Waals surface area contributed by atoms with Gasteiger partial charge in [0, 0.05) is 11.9 Å². The number of rotatable bonds is 4. The molecule has 1 unspecified atom stereocenters. The van der Waals surface area contributed by atoms with Gasteiger partial charge >= 0.3 is 0 Å². The summed E-state index contributed by atoms with van der Waals surface area (Å²) in [6.07, 6.45) is 4.22. The first-order valence-corrected chi connectivity index (χ1v) is 7.64. The summed E-state index contributed by atoms with van der Waals surface area (Å²) < 4.78 is 5.79. The van der Waals surface area contributed by atoms with Crippen molar-refractivity contribution in [2.75, 3.05) is 6.54 Å². The molecule has 1 heterocycles. The van der Waals surface area contributed by atoms with Gasteiger partial charge in [-0.1, -0.05) is 31.0 Å². The Kier molecular flexibility index (Phi) is 3.72. The van der Waals surface area contributed by atoms with Crippen molar-refractivity contribution < 1.29 is 9.21 Å². The number of para-hydroxylation sites is 1. The van der Waals surface area contributed by atoms with Crippen molar-refractivity contribution in [2.24, 2.45) is 5.73 Å². The van der Waals surface area contributed by atoms with Gasteiger partial charge < -0.3 is 15.5 Å². The summed E-state index contributed by atoms with van der Waals surface area (Å²) in [5.41, 5.74) is 6.49. The number of carbonyl (C=O) groups excluding carboxylic acids is 1. The lowest BCUT2D eigenvalue weighted by molar-refractivity contribution is -0.124. The number of nitrogens with two attached hydrogens (primary N) is 1. The van der Waals surface area contributed by atoms with Crippen LogP contribution >= 0.6 is 0 Å². The van der Waals surface area contributed by atoms with Crippen molar-refractivity contribution in [2.45, 2.75) is 44.1 Å². The summed E-state index contributed by atoms with van der Waals surface area (Å²) in [5, 5.41) is 4.19. The average Bonchev–Trinajstić information content (AvgIpc) is 3.13. The molecule has 4 nitrogen and oxygen atoms in total. The van der Waals surface area contributed by atoms with Crippen LogP contribution in [0, 0.1) is 0 Å². The molecule has 0 radical (unpaired) electrons. The van der Waals surface area contributed by atoms with Crippen LogP contribution in [-0.2, 0) is 4.79 Å². The van der Waals surface area contributed by atoms with Gasteiger partial charge in [-0.2, -0.15) is 0 Å². The molecule has 0 aliphatic heterocycles. The van der Waals surface area contributed by atoms with E-state index in [1.54, 1.807) is 0 Å². The van der Waals surface area contributed by atoms with Crippen molar-refractivity contribution in [1.29, 1.82) is 0 Å². The smallest absolute Gasteiger partial charge is 0.230 e. The van der Waals surface area contributed by atoms with Crippen LogP contribution in [0.5, 0.6) is 0 Å². The Balaban J connectivity index is 1.77. The molecule has 112 valence electrons. The van der Waals surface area contributed by atoms with E-state index in [9.17, 15) is 4.79 Å². The fourth-order valence-corrected chi connectivity index (χ4v) is 3.15. The molecule has 0 bridgehead atoms. The molecular weight excluding hydrogens is 264 g/mol. The van der Waals surface area contributed by atoms with Crippen molar-refractivity contribution in [3.8, 4) is 0 Å². The Morgan fingerprint density at radius 1 is 1.38 bits per heavy atom. The molecule has 1 aromatic carbocycles. The number of hydrogen-bond donors (Lipinski definition) is 2. The topological polar surface area (TPSA) is 68.3 Å². The summed E-state index contributed by atoms with van der Waals surface area (Å²) in [6.45, 7) is 2.39. The molecule has 1 atom stereocenters. The van der Waals surface area contributed by atoms with Crippen LogP contribution in [0.3, 0.4) is 0 Å². The highest BCUT2D eigenvalue weighted by molar-refractivity contribution is 5.86. The Bertz CT molecular complexity index is 608. The average molecular weight is 286 g/mol. The molecule has 2 aromatic rings. The predicted molar refractivity (Wildman–Crippen MR) is 83.0 cm³/mol. The first-order chi connectivity index (χ1) is 10.1. The highest BCUT2D eigenvalue weighted by atomic mass is 16.3. The number of fused-ring (bicyclic) bond motifs is 1. The second-order valence-electron chi connectivity index (χ2n) is 6.09. The number of hydrogen-bond acceptors (Lipinski definition) is 3. The maximum atomic E-state index is 12.5. The molecule has 0 spiro atoms. The maximum absolute atomic E-state index is 12.5. The molecule has 1 amide bonds. The second-order valence-corrected chi connectivity index (χ2v) is 6.09. The molecule has 1 saturated carbocycles. The predicted octanol–water partition coefficient (Wildman–Crippen LogP) is 2.92. The molecule has 3 N–H and O–H groups in total. The third kappa shape index (κ3) is 2.68. The van der Waals surface area contributed by atoms with Crippen LogP contribution in [0.4, 0.5) is 0 Å². The maximum Gasteiger partial charge on any atom is 0.230 e. The fraction of sp³-hybridized carbons (Fsp3) is 0.471. The lowest BCUT2D eigenvalue weighted by atomic mass is 9.96. The minimum absolute atomic E-state index is 0.00130. The number of carbonyl (C=O) groups is 1. The van der Waals surface area contributed by atoms with E-state index in [0.29, 0.717) is 12.3 Å². The van der Waals surface area contributed by atoms with E-state index in [4.69, 9.17) is 10.2 Å². The van der Waals surface area contributed by atoms with Gasteiger partial charge in [-0.15, -0.1) is 0 Å². The van der Waals surface area contributed by atoms with E-state index in [1.165, 1.54) is 0 Å². The molecule has 1 aliphatic rings. The normalized spacial score (nSPS) is 18.8. The molecular formula is C17H22N2O2. The lowest BCUT2D eigenvalue weighted by Gasteiger charge is -2.29. The molecule has 1 fully saturated rings. The number of benzene rings is 1. The molecule has 3 rings (SSSR count). The number of amides is 1. The Labute approximate surface area is 124 Å². The second kappa shape index (κ2) is 5.53. The van der Waals surface area contributed by atoms with Crippen LogP contribution in [-0.4, -0.2) is 18.0 Å². The summed E-state index contributed by atoms with van der Waals surface area (Å²) in [6, 6.07) is 9.76. The Hall–Kier alpha value is -1.81. The zero-order valence-corrected chi connectivity index (χ0v) is 12.4. The molecule has 1 aromatic heterocycles. The van der Waals surface area contributed by atoms with E-state index >= 15 is 0 Å². The van der Waals surface area contributed by atoms with E-state index in [-0.39, 0.29) is 17.4 Å². The number of nitrogens with one attached hydrogen (secondary N) is 1. The summed E-state index contributed by atoms with van der Waals surface area (Å²) in [7, 11) is 0. The first kappa shape index (κ1) is 14.1. The molecule has 1 aliphatic carbocycles. The van der Waals surface area contributed by atoms with E-state index in [2.05, 4.69) is 5.32 Å². The molecule has 21 heavy (non-hydrogen) atoms. The highest BCUT2D eigenvalue weighted by Gasteiger charge is 2.35. The number of furan rings is 1. The van der Waals surface area contributed by atoms with Crippen LogP contribution in [0.2, 0.25) is 0 Å². The van der Waals surface area contributed by atoms with E-state index in [1.807, 2.05) is 37.3 Å². The quantitative estimate of drug-likeness (QED) is 0.908. The van der Waals surface area contributed by atoms with Crippen molar-refractivity contribution in [1.82, 2.24) is 5.32 Å². The minimum Gasteiger partial charge on any atom is -0.460 e. The van der Waals surface area contributed by atoms with Crippen molar-refractivity contribution >= 4 is 16.9 Å². The van der Waals surface area contributed by atoms with Crippen molar-refractivity contribution in [3.63, 3.8) is 0 Å². The van der Waals surface area contributed by atoms with Gasteiger partial charge in [-0.3, -0.25) is 4.79 Å². The largest absolute Gasteiger partial charge is 0.460 e. The first-order valence-electron chi connectivity index (χ1n) is 7.64. The van der Waals surface area contributed by atoms with Crippen molar-refractivity contribution in [3.05, 3.63) is 36.1 Å². The van der Waals surface area contributed by atoms with E-state index in [0.717, 1.165) is 36.7 Å². The molecule has 4 heteroatoms. The third-order valence-electron chi connectivity index (χ3n) is 4.60. The monoisotopic (exact) mass is 286 g/mol. The summed E-state index contributed by atoms with van der Waals surface area (Å²) in [4.78, 5) is 12.5. The van der Waals surface area contributed by atoms with Gasteiger partial charge in [-0.05, 0) is 31.9 Å². The van der Waals surface area contributed by atoms with Crippen LogP contribution < -0.4 is 11.1 Å². The standard InChI is InChI=1S/C17H22N2O2/c1-12(15-10-13-6-2-3-7-14(13)21-15)16(20)19-17(11-18)8-4-5-9-17/h2-3,6-7,10,12H,4-5,8-9,11,18H2,1H3,(H,19,20). The van der Waals surface area contributed by atoms with Crippen LogP contribution in [0.25, 0.3) is 11.0 Å². The Morgan fingerprint density at radius 2 is 2.10 bits per heavy atom.